The topological polar surface area (TPSA) is 61.6 Å². The maximum atomic E-state index is 12.5. The normalized spacial score (nSPS) is 19.3. The van der Waals surface area contributed by atoms with E-state index in [-0.39, 0.29) is 5.91 Å². The fourth-order valence-corrected chi connectivity index (χ4v) is 3.31. The highest BCUT2D eigenvalue weighted by molar-refractivity contribution is 7.80. The molecule has 0 spiro atoms. The van der Waals surface area contributed by atoms with Gasteiger partial charge in [0.05, 0.1) is 0 Å². The number of carbonyl (C=O) groups excluding carboxylic acids is 1. The Morgan fingerprint density at radius 1 is 1.33 bits per heavy atom. The summed E-state index contributed by atoms with van der Waals surface area (Å²) in [6, 6.07) is 2.11. The van der Waals surface area contributed by atoms with E-state index in [1.807, 2.05) is 5.01 Å². The number of hydrazine groups is 1. The molecule has 7 heteroatoms. The minimum absolute atomic E-state index is 0.153. The van der Waals surface area contributed by atoms with Gasteiger partial charge >= 0.3 is 0 Å². The number of hydrogen-bond acceptors (Lipinski definition) is 4. The van der Waals surface area contributed by atoms with Crippen LogP contribution in [-0.4, -0.2) is 45.3 Å². The third kappa shape index (κ3) is 3.02. The van der Waals surface area contributed by atoms with Crippen LogP contribution in [0.4, 0.5) is 0 Å². The first-order valence-electron chi connectivity index (χ1n) is 7.48. The van der Waals surface area contributed by atoms with E-state index in [0.717, 1.165) is 25.8 Å². The maximum Gasteiger partial charge on any atom is 0.294 e. The van der Waals surface area contributed by atoms with Gasteiger partial charge < -0.3 is 9.84 Å². The van der Waals surface area contributed by atoms with Gasteiger partial charge in [-0.1, -0.05) is 18.0 Å². The number of thiocarbonyl (C=S) groups is 1. The molecule has 6 nitrogen and oxygen atoms in total. The second-order valence-electron chi connectivity index (χ2n) is 5.66. The quantitative estimate of drug-likeness (QED) is 0.842. The molecule has 1 aromatic heterocycles. The van der Waals surface area contributed by atoms with Crippen molar-refractivity contribution in [3.63, 3.8) is 0 Å². The van der Waals surface area contributed by atoms with Crippen molar-refractivity contribution in [2.75, 3.05) is 13.1 Å². The van der Waals surface area contributed by atoms with Crippen LogP contribution in [0.1, 0.15) is 48.4 Å². The molecule has 1 aromatic rings. The monoisotopic (exact) mass is 308 g/mol. The zero-order chi connectivity index (χ0) is 14.8. The molecule has 0 radical (unpaired) electrons. The van der Waals surface area contributed by atoms with E-state index < -0.39 is 0 Å². The van der Waals surface area contributed by atoms with E-state index in [0.29, 0.717) is 29.2 Å². The van der Waals surface area contributed by atoms with Gasteiger partial charge in [0, 0.05) is 25.2 Å². The van der Waals surface area contributed by atoms with E-state index in [1.54, 1.807) is 18.0 Å². The second kappa shape index (κ2) is 6.01. The first-order valence-corrected chi connectivity index (χ1v) is 7.89. The third-order valence-electron chi connectivity index (χ3n) is 4.03. The van der Waals surface area contributed by atoms with Crippen LogP contribution in [0, 0.1) is 6.92 Å². The largest absolute Gasteiger partial charge is 0.361 e. The van der Waals surface area contributed by atoms with Crippen molar-refractivity contribution in [3.05, 3.63) is 17.5 Å². The molecule has 2 aliphatic rings. The molecule has 1 saturated heterocycles. The molecule has 21 heavy (non-hydrogen) atoms. The summed E-state index contributed by atoms with van der Waals surface area (Å²) in [5.74, 6) is 0.482. The summed E-state index contributed by atoms with van der Waals surface area (Å²) in [6.45, 7) is 3.20. The average molecular weight is 308 g/mol. The molecule has 0 unspecified atom stereocenters. The lowest BCUT2D eigenvalue weighted by atomic mass is 10.3. The number of aromatic nitrogens is 1. The Hall–Kier alpha value is -1.63. The minimum atomic E-state index is -0.153. The van der Waals surface area contributed by atoms with Crippen LogP contribution in [-0.2, 0) is 0 Å². The van der Waals surface area contributed by atoms with Gasteiger partial charge in [-0.25, -0.2) is 5.01 Å². The van der Waals surface area contributed by atoms with Gasteiger partial charge in [-0.05, 0) is 38.4 Å². The first kappa shape index (κ1) is 14.3. The Labute approximate surface area is 129 Å². The van der Waals surface area contributed by atoms with Crippen molar-refractivity contribution in [1.29, 1.82) is 0 Å². The number of hydrogen-bond donors (Lipinski definition) is 1. The molecule has 0 atom stereocenters. The third-order valence-corrected chi connectivity index (χ3v) is 4.36. The number of carbonyl (C=O) groups is 1. The van der Waals surface area contributed by atoms with E-state index in [2.05, 4.69) is 10.5 Å². The van der Waals surface area contributed by atoms with Crippen molar-refractivity contribution in [2.45, 2.75) is 45.1 Å². The summed E-state index contributed by atoms with van der Waals surface area (Å²) in [5.41, 5.74) is 0.336. The molecule has 0 bridgehead atoms. The lowest BCUT2D eigenvalue weighted by Crippen LogP contribution is -2.51. The van der Waals surface area contributed by atoms with Crippen molar-refractivity contribution in [3.8, 4) is 0 Å². The number of nitrogens with zero attached hydrogens (tertiary/aromatic N) is 3. The van der Waals surface area contributed by atoms with Gasteiger partial charge in [-0.3, -0.25) is 9.80 Å². The van der Waals surface area contributed by atoms with Crippen LogP contribution < -0.4 is 5.32 Å². The molecule has 0 aromatic carbocycles. The van der Waals surface area contributed by atoms with Crippen molar-refractivity contribution in [2.24, 2.45) is 0 Å². The molecular weight excluding hydrogens is 288 g/mol. The van der Waals surface area contributed by atoms with Crippen LogP contribution in [0.3, 0.4) is 0 Å². The average Bonchev–Trinajstić information content (AvgIpc) is 3.18. The van der Waals surface area contributed by atoms with Crippen LogP contribution in [0.2, 0.25) is 0 Å². The number of aryl methyl sites for hydroxylation is 1. The van der Waals surface area contributed by atoms with Crippen molar-refractivity contribution >= 4 is 23.2 Å². The van der Waals surface area contributed by atoms with E-state index in [9.17, 15) is 4.79 Å². The lowest BCUT2D eigenvalue weighted by Gasteiger charge is -2.31. The van der Waals surface area contributed by atoms with Crippen LogP contribution in [0.15, 0.2) is 10.6 Å². The summed E-state index contributed by atoms with van der Waals surface area (Å²) >= 11 is 5.48. The predicted octanol–water partition coefficient (Wildman–Crippen LogP) is 1.86. The van der Waals surface area contributed by atoms with Crippen molar-refractivity contribution < 1.29 is 9.32 Å². The SMILES string of the molecule is Cc1cc(C(=O)N2CCCN2C(=S)NC2CCCC2)no1. The molecule has 1 saturated carbocycles. The molecule has 114 valence electrons. The Morgan fingerprint density at radius 3 is 2.71 bits per heavy atom. The number of amides is 1. The highest BCUT2D eigenvalue weighted by atomic mass is 32.1. The smallest absolute Gasteiger partial charge is 0.294 e. The van der Waals surface area contributed by atoms with Crippen LogP contribution in [0.5, 0.6) is 0 Å². The Kier molecular flexibility index (Phi) is 4.10. The molecule has 3 rings (SSSR count). The fourth-order valence-electron chi connectivity index (χ4n) is 2.95. The van der Waals surface area contributed by atoms with Crippen LogP contribution >= 0.6 is 12.2 Å². The van der Waals surface area contributed by atoms with Crippen LogP contribution in [0.25, 0.3) is 0 Å². The van der Waals surface area contributed by atoms with E-state index in [4.69, 9.17) is 16.7 Å². The lowest BCUT2D eigenvalue weighted by molar-refractivity contribution is 0.0479. The summed E-state index contributed by atoms with van der Waals surface area (Å²) in [5, 5.41) is 11.4. The molecule has 1 N–H and O–H groups in total. The Balaban J connectivity index is 1.66. The number of rotatable bonds is 2. The van der Waals surface area contributed by atoms with Gasteiger partial charge in [-0.15, -0.1) is 0 Å². The zero-order valence-electron chi connectivity index (χ0n) is 12.2. The van der Waals surface area contributed by atoms with E-state index in [1.165, 1.54) is 12.8 Å². The summed E-state index contributed by atoms with van der Waals surface area (Å²) in [7, 11) is 0. The number of nitrogens with one attached hydrogen (secondary N) is 1. The summed E-state index contributed by atoms with van der Waals surface area (Å²) < 4.78 is 4.98. The highest BCUT2D eigenvalue weighted by Crippen LogP contribution is 2.20. The van der Waals surface area contributed by atoms with Gasteiger partial charge in [0.1, 0.15) is 5.76 Å². The minimum Gasteiger partial charge on any atom is -0.361 e. The van der Waals surface area contributed by atoms with Gasteiger partial charge in [0.15, 0.2) is 10.8 Å². The maximum absolute atomic E-state index is 12.5. The van der Waals surface area contributed by atoms with Gasteiger partial charge in [0.2, 0.25) is 0 Å². The van der Waals surface area contributed by atoms with Gasteiger partial charge in [-0.2, -0.15) is 0 Å². The fraction of sp³-hybridized carbons (Fsp3) is 0.643. The molecule has 1 aliphatic heterocycles. The Morgan fingerprint density at radius 2 is 2.05 bits per heavy atom. The second-order valence-corrected chi connectivity index (χ2v) is 6.05. The molecule has 2 heterocycles. The predicted molar refractivity (Wildman–Crippen MR) is 81.6 cm³/mol. The molecule has 1 aliphatic carbocycles. The van der Waals surface area contributed by atoms with Gasteiger partial charge in [0.25, 0.3) is 5.91 Å². The summed E-state index contributed by atoms with van der Waals surface area (Å²) in [4.78, 5) is 12.5. The van der Waals surface area contributed by atoms with Crippen molar-refractivity contribution in [1.82, 2.24) is 20.5 Å². The molecule has 2 fully saturated rings. The van der Waals surface area contributed by atoms with E-state index >= 15 is 0 Å². The molecular formula is C14H20N4O2S. The molecule has 1 amide bonds. The Bertz CT molecular complexity index is 539. The standard InChI is InChI=1S/C14H20N4O2S/c1-10-9-12(16-20-10)13(19)17-7-4-8-18(17)14(21)15-11-5-2-3-6-11/h9,11H,2-8H2,1H3,(H,15,21). The highest BCUT2D eigenvalue weighted by Gasteiger charge is 2.32. The first-order chi connectivity index (χ1) is 10.1. The zero-order valence-corrected chi connectivity index (χ0v) is 13.0. The summed E-state index contributed by atoms with van der Waals surface area (Å²) in [6.07, 6.45) is 5.73.